The lowest BCUT2D eigenvalue weighted by molar-refractivity contribution is -0.120. The number of rotatable bonds is 6. The zero-order valence-electron chi connectivity index (χ0n) is 10.9. The number of carbonyl (C=O) groups is 2. The van der Waals surface area contributed by atoms with Crippen molar-refractivity contribution in [1.29, 1.82) is 0 Å². The first kappa shape index (κ1) is 16.0. The Bertz CT molecular complexity index is 454. The number of hydrogen-bond donors (Lipinski definition) is 2. The van der Waals surface area contributed by atoms with Crippen LogP contribution in [0.5, 0.6) is 0 Å². The molecule has 0 heterocycles. The molecule has 1 rings (SSSR count). The van der Waals surface area contributed by atoms with Crippen molar-refractivity contribution in [2.75, 3.05) is 19.3 Å². The van der Waals surface area contributed by atoms with Crippen molar-refractivity contribution >= 4 is 39.5 Å². The Morgan fingerprint density at radius 3 is 2.63 bits per heavy atom. The molecule has 0 saturated carbocycles. The van der Waals surface area contributed by atoms with Crippen LogP contribution in [0.3, 0.4) is 0 Å². The fourth-order valence-corrected chi connectivity index (χ4v) is 2.04. The Morgan fingerprint density at radius 1 is 1.32 bits per heavy atom. The summed E-state index contributed by atoms with van der Waals surface area (Å²) < 4.78 is 0.863. The zero-order chi connectivity index (χ0) is 14.3. The summed E-state index contributed by atoms with van der Waals surface area (Å²) in [6.45, 7) is 2.70. The van der Waals surface area contributed by atoms with Crippen LogP contribution in [0.15, 0.2) is 28.7 Å². The van der Waals surface area contributed by atoms with E-state index in [1.807, 2.05) is 19.2 Å². The van der Waals surface area contributed by atoms with Crippen LogP contribution in [0.2, 0.25) is 0 Å². The van der Waals surface area contributed by atoms with Gasteiger partial charge in [-0.05, 0) is 31.4 Å². The Hall–Kier alpha value is -1.01. The maximum Gasteiger partial charge on any atom is 0.251 e. The second-order valence-electron chi connectivity index (χ2n) is 3.94. The maximum absolute atomic E-state index is 11.8. The smallest absolute Gasteiger partial charge is 0.251 e. The summed E-state index contributed by atoms with van der Waals surface area (Å²) in [6.07, 6.45) is 1.89. The summed E-state index contributed by atoms with van der Waals surface area (Å²) in [6, 6.07) is 7.17. The van der Waals surface area contributed by atoms with Gasteiger partial charge in [0.15, 0.2) is 0 Å². The second kappa shape index (κ2) is 8.22. The molecule has 19 heavy (non-hydrogen) atoms. The Balaban J connectivity index is 2.30. The minimum atomic E-state index is -0.145. The average molecular weight is 345 g/mol. The Labute approximate surface area is 125 Å². The molecule has 0 aliphatic carbocycles. The van der Waals surface area contributed by atoms with E-state index in [2.05, 4.69) is 26.6 Å². The molecule has 0 aliphatic rings. The zero-order valence-corrected chi connectivity index (χ0v) is 13.3. The van der Waals surface area contributed by atoms with Crippen LogP contribution in [0.4, 0.5) is 0 Å². The summed E-state index contributed by atoms with van der Waals surface area (Å²) in [7, 11) is 0. The number of benzene rings is 1. The lowest BCUT2D eigenvalue weighted by atomic mass is 10.2. The third kappa shape index (κ3) is 5.65. The lowest BCUT2D eigenvalue weighted by Gasteiger charge is -2.10. The highest BCUT2D eigenvalue weighted by Gasteiger charge is 2.10. The van der Waals surface area contributed by atoms with Crippen LogP contribution >= 0.6 is 27.7 Å². The molecule has 0 radical (unpaired) electrons. The van der Waals surface area contributed by atoms with Crippen molar-refractivity contribution in [3.63, 3.8) is 0 Å². The highest BCUT2D eigenvalue weighted by atomic mass is 79.9. The summed E-state index contributed by atoms with van der Waals surface area (Å²) in [4.78, 5) is 23.3. The molecule has 2 N–H and O–H groups in total. The Morgan fingerprint density at radius 2 is 2.00 bits per heavy atom. The van der Waals surface area contributed by atoms with E-state index >= 15 is 0 Å². The predicted octanol–water partition coefficient (Wildman–Crippen LogP) is 2.05. The van der Waals surface area contributed by atoms with Gasteiger partial charge in [-0.2, -0.15) is 11.8 Å². The number of thioether (sulfide) groups is 1. The van der Waals surface area contributed by atoms with Crippen LogP contribution in [0.1, 0.15) is 17.3 Å². The highest BCUT2D eigenvalue weighted by molar-refractivity contribution is 9.10. The SMILES string of the molecule is CS[C@@H](C)C(=O)NCCNC(=O)c1cccc(Br)c1. The lowest BCUT2D eigenvalue weighted by Crippen LogP contribution is -2.37. The van der Waals surface area contributed by atoms with E-state index in [1.165, 1.54) is 11.8 Å². The highest BCUT2D eigenvalue weighted by Crippen LogP contribution is 2.11. The molecule has 2 amide bonds. The first-order valence-electron chi connectivity index (χ1n) is 5.89. The number of amides is 2. The van der Waals surface area contributed by atoms with E-state index in [0.717, 1.165) is 4.47 Å². The van der Waals surface area contributed by atoms with Gasteiger partial charge >= 0.3 is 0 Å². The fraction of sp³-hybridized carbons (Fsp3) is 0.385. The van der Waals surface area contributed by atoms with Gasteiger partial charge in [0.2, 0.25) is 5.91 Å². The molecule has 0 unspecified atom stereocenters. The quantitative estimate of drug-likeness (QED) is 0.776. The molecule has 0 saturated heterocycles. The van der Waals surface area contributed by atoms with E-state index in [4.69, 9.17) is 0 Å². The molecule has 0 bridgehead atoms. The maximum atomic E-state index is 11.8. The van der Waals surface area contributed by atoms with Gasteiger partial charge in [0.1, 0.15) is 0 Å². The molecule has 6 heteroatoms. The molecule has 4 nitrogen and oxygen atoms in total. The molecule has 1 aromatic carbocycles. The van der Waals surface area contributed by atoms with Crippen LogP contribution in [-0.4, -0.2) is 36.4 Å². The van der Waals surface area contributed by atoms with Gasteiger partial charge in [-0.3, -0.25) is 9.59 Å². The molecule has 0 spiro atoms. The van der Waals surface area contributed by atoms with Crippen LogP contribution in [-0.2, 0) is 4.79 Å². The van der Waals surface area contributed by atoms with Crippen molar-refractivity contribution in [2.45, 2.75) is 12.2 Å². The molecule has 0 aliphatic heterocycles. The van der Waals surface area contributed by atoms with Crippen molar-refractivity contribution in [3.8, 4) is 0 Å². The topological polar surface area (TPSA) is 58.2 Å². The van der Waals surface area contributed by atoms with Gasteiger partial charge in [0.05, 0.1) is 5.25 Å². The number of halogens is 1. The summed E-state index contributed by atoms with van der Waals surface area (Å²) in [5.41, 5.74) is 0.596. The molecule has 1 aromatic rings. The van der Waals surface area contributed by atoms with Gasteiger partial charge in [0, 0.05) is 23.1 Å². The second-order valence-corrected chi connectivity index (χ2v) is 6.03. The van der Waals surface area contributed by atoms with Gasteiger partial charge in [-0.25, -0.2) is 0 Å². The van der Waals surface area contributed by atoms with E-state index in [9.17, 15) is 9.59 Å². The minimum absolute atomic E-state index is 0.01000. The van der Waals surface area contributed by atoms with Crippen molar-refractivity contribution in [3.05, 3.63) is 34.3 Å². The summed E-state index contributed by atoms with van der Waals surface area (Å²) in [5.74, 6) is -0.155. The van der Waals surface area contributed by atoms with Gasteiger partial charge in [-0.15, -0.1) is 0 Å². The number of nitrogens with one attached hydrogen (secondary N) is 2. The molecule has 104 valence electrons. The molecular weight excluding hydrogens is 328 g/mol. The van der Waals surface area contributed by atoms with Crippen LogP contribution < -0.4 is 10.6 Å². The minimum Gasteiger partial charge on any atom is -0.353 e. The summed E-state index contributed by atoms with van der Waals surface area (Å²) in [5, 5.41) is 5.46. The molecule has 1 atom stereocenters. The fourth-order valence-electron chi connectivity index (χ4n) is 1.34. The van der Waals surface area contributed by atoms with E-state index in [1.54, 1.807) is 18.2 Å². The summed E-state index contributed by atoms with van der Waals surface area (Å²) >= 11 is 4.81. The third-order valence-corrected chi connectivity index (χ3v) is 3.93. The van der Waals surface area contributed by atoms with Gasteiger partial charge < -0.3 is 10.6 Å². The third-order valence-electron chi connectivity index (χ3n) is 2.52. The van der Waals surface area contributed by atoms with Gasteiger partial charge in [-0.1, -0.05) is 22.0 Å². The van der Waals surface area contributed by atoms with Crippen LogP contribution in [0.25, 0.3) is 0 Å². The van der Waals surface area contributed by atoms with E-state index < -0.39 is 0 Å². The van der Waals surface area contributed by atoms with Crippen molar-refractivity contribution < 1.29 is 9.59 Å². The standard InChI is InChI=1S/C13H17BrN2O2S/c1-9(19-2)12(17)15-6-7-16-13(18)10-4-3-5-11(14)8-10/h3-5,8-9H,6-7H2,1-2H3,(H,15,17)(H,16,18)/t9-/m0/s1. The molecule has 0 aromatic heterocycles. The Kier molecular flexibility index (Phi) is 6.94. The molecular formula is C13H17BrN2O2S. The number of hydrogen-bond acceptors (Lipinski definition) is 3. The van der Waals surface area contributed by atoms with Crippen LogP contribution in [0, 0.1) is 0 Å². The first-order chi connectivity index (χ1) is 9.04. The van der Waals surface area contributed by atoms with E-state index in [0.29, 0.717) is 18.7 Å². The monoisotopic (exact) mass is 344 g/mol. The molecule has 0 fully saturated rings. The van der Waals surface area contributed by atoms with Crippen molar-refractivity contribution in [2.24, 2.45) is 0 Å². The van der Waals surface area contributed by atoms with E-state index in [-0.39, 0.29) is 17.1 Å². The van der Waals surface area contributed by atoms with Gasteiger partial charge in [0.25, 0.3) is 5.91 Å². The first-order valence-corrected chi connectivity index (χ1v) is 7.97. The number of carbonyl (C=O) groups excluding carboxylic acids is 2. The average Bonchev–Trinajstić information content (AvgIpc) is 2.42. The van der Waals surface area contributed by atoms with Crippen molar-refractivity contribution in [1.82, 2.24) is 10.6 Å². The predicted molar refractivity (Wildman–Crippen MR) is 82.5 cm³/mol. The normalized spacial score (nSPS) is 11.7. The largest absolute Gasteiger partial charge is 0.353 e.